The summed E-state index contributed by atoms with van der Waals surface area (Å²) in [7, 11) is -2.17. The van der Waals surface area contributed by atoms with Crippen LogP contribution < -0.4 is 14.4 Å². The second-order valence-corrected chi connectivity index (χ2v) is 12.0. The van der Waals surface area contributed by atoms with Gasteiger partial charge in [-0.15, -0.1) is 0 Å². The molecule has 0 saturated heterocycles. The zero-order valence-electron chi connectivity index (χ0n) is 23.9. The minimum absolute atomic E-state index is 0.0345. The van der Waals surface area contributed by atoms with Crippen LogP contribution in [0.3, 0.4) is 0 Å². The van der Waals surface area contributed by atoms with E-state index in [4.69, 9.17) is 4.74 Å². The quantitative estimate of drug-likeness (QED) is 0.301. The van der Waals surface area contributed by atoms with Crippen molar-refractivity contribution in [3.8, 4) is 5.75 Å². The molecule has 1 N–H and O–H groups in total. The molecular weight excluding hydrogens is 545 g/mol. The van der Waals surface area contributed by atoms with Crippen LogP contribution in [0.15, 0.2) is 78.9 Å². The minimum atomic E-state index is -3.66. The summed E-state index contributed by atoms with van der Waals surface area (Å²) in [6.45, 7) is 3.59. The van der Waals surface area contributed by atoms with Gasteiger partial charge in [0.1, 0.15) is 17.6 Å². The molecule has 0 aliphatic rings. The number of ether oxygens (including phenoxy) is 1. The standard InChI is InChI=1S/C31H38FN3O5S/c1-23(2)33-31(37)29(20-24-12-6-5-7-13-24)34(22-25-14-8-9-17-28(25)32)30(36)18-11-19-35(41(4,38)39)26-15-10-16-27(21-26)40-3/h5-10,12-17,21,23,29H,11,18-20,22H2,1-4H3,(H,33,37)/t29-/m0/s1. The number of anilines is 1. The third-order valence-electron chi connectivity index (χ3n) is 6.49. The van der Waals surface area contributed by atoms with Crippen LogP contribution in [0, 0.1) is 5.82 Å². The van der Waals surface area contributed by atoms with Gasteiger partial charge in [0.15, 0.2) is 0 Å². The van der Waals surface area contributed by atoms with Crippen LogP contribution in [0.1, 0.15) is 37.8 Å². The fraction of sp³-hybridized carbons (Fsp3) is 0.355. The van der Waals surface area contributed by atoms with Gasteiger partial charge >= 0.3 is 0 Å². The van der Waals surface area contributed by atoms with Crippen LogP contribution in [-0.2, 0) is 32.6 Å². The Balaban J connectivity index is 1.89. The number of benzene rings is 3. The maximum Gasteiger partial charge on any atom is 0.243 e. The van der Waals surface area contributed by atoms with Crippen molar-refractivity contribution in [3.05, 3.63) is 95.8 Å². The number of sulfonamides is 1. The van der Waals surface area contributed by atoms with Gasteiger partial charge in [0.25, 0.3) is 0 Å². The largest absolute Gasteiger partial charge is 0.497 e. The summed E-state index contributed by atoms with van der Waals surface area (Å²) in [4.78, 5) is 28.6. The average Bonchev–Trinajstić information content (AvgIpc) is 2.93. The monoisotopic (exact) mass is 583 g/mol. The first-order valence-corrected chi connectivity index (χ1v) is 15.3. The molecule has 0 aliphatic heterocycles. The molecule has 0 aromatic heterocycles. The molecule has 0 bridgehead atoms. The predicted molar refractivity (Wildman–Crippen MR) is 159 cm³/mol. The Kier molecular flexibility index (Phi) is 11.3. The number of carbonyl (C=O) groups is 2. The van der Waals surface area contributed by atoms with Crippen LogP contribution in [0.4, 0.5) is 10.1 Å². The molecule has 3 aromatic carbocycles. The van der Waals surface area contributed by atoms with Gasteiger partial charge in [0.05, 0.1) is 19.1 Å². The van der Waals surface area contributed by atoms with E-state index in [-0.39, 0.29) is 55.8 Å². The fourth-order valence-corrected chi connectivity index (χ4v) is 5.47. The highest BCUT2D eigenvalue weighted by Gasteiger charge is 2.31. The zero-order chi connectivity index (χ0) is 30.0. The van der Waals surface area contributed by atoms with Crippen LogP contribution in [0.2, 0.25) is 0 Å². The van der Waals surface area contributed by atoms with Crippen molar-refractivity contribution < 1.29 is 27.1 Å². The molecule has 0 radical (unpaired) electrons. The summed E-state index contributed by atoms with van der Waals surface area (Å²) < 4.78 is 46.4. The number of hydrogen-bond donors (Lipinski definition) is 1. The zero-order valence-corrected chi connectivity index (χ0v) is 24.7. The smallest absolute Gasteiger partial charge is 0.243 e. The lowest BCUT2D eigenvalue weighted by molar-refractivity contribution is -0.141. The molecule has 10 heteroatoms. The number of hydrogen-bond acceptors (Lipinski definition) is 5. The van der Waals surface area contributed by atoms with Gasteiger partial charge in [0.2, 0.25) is 21.8 Å². The number of nitrogens with one attached hydrogen (secondary N) is 1. The van der Waals surface area contributed by atoms with Gasteiger partial charge in [0, 0.05) is 43.6 Å². The van der Waals surface area contributed by atoms with E-state index in [1.54, 1.807) is 42.5 Å². The first kappa shape index (κ1) is 31.6. The Bertz CT molecular complexity index is 1420. The molecule has 1 atom stereocenters. The van der Waals surface area contributed by atoms with Gasteiger partial charge in [-0.25, -0.2) is 12.8 Å². The normalized spacial score (nSPS) is 12.0. The van der Waals surface area contributed by atoms with Gasteiger partial charge in [-0.2, -0.15) is 0 Å². The molecule has 220 valence electrons. The lowest BCUT2D eigenvalue weighted by atomic mass is 10.0. The molecular formula is C31H38FN3O5S. The number of halogens is 1. The Morgan fingerprint density at radius 2 is 1.66 bits per heavy atom. The Morgan fingerprint density at radius 1 is 0.976 bits per heavy atom. The summed E-state index contributed by atoms with van der Waals surface area (Å²) in [5.41, 5.74) is 1.55. The van der Waals surface area contributed by atoms with E-state index in [0.29, 0.717) is 11.4 Å². The van der Waals surface area contributed by atoms with Gasteiger partial charge in [-0.1, -0.05) is 54.6 Å². The predicted octanol–water partition coefficient (Wildman–Crippen LogP) is 4.55. The van der Waals surface area contributed by atoms with E-state index in [1.165, 1.54) is 22.4 Å². The first-order valence-electron chi connectivity index (χ1n) is 13.5. The fourth-order valence-electron chi connectivity index (χ4n) is 4.51. The molecule has 0 unspecified atom stereocenters. The maximum absolute atomic E-state index is 14.7. The first-order chi connectivity index (χ1) is 19.5. The van der Waals surface area contributed by atoms with Gasteiger partial charge < -0.3 is 15.0 Å². The van der Waals surface area contributed by atoms with Crippen molar-refractivity contribution in [1.29, 1.82) is 0 Å². The van der Waals surface area contributed by atoms with E-state index in [2.05, 4.69) is 5.32 Å². The van der Waals surface area contributed by atoms with Crippen molar-refractivity contribution in [3.63, 3.8) is 0 Å². The van der Waals surface area contributed by atoms with E-state index >= 15 is 0 Å². The topological polar surface area (TPSA) is 96.0 Å². The Hall–Kier alpha value is -3.92. The SMILES string of the molecule is COc1cccc(N(CCCC(=O)N(Cc2ccccc2F)[C@@H](Cc2ccccc2)C(=O)NC(C)C)S(C)(=O)=O)c1. The molecule has 0 saturated carbocycles. The maximum atomic E-state index is 14.7. The molecule has 0 aliphatic carbocycles. The highest BCUT2D eigenvalue weighted by Crippen LogP contribution is 2.24. The highest BCUT2D eigenvalue weighted by molar-refractivity contribution is 7.92. The van der Waals surface area contributed by atoms with E-state index in [0.717, 1.165) is 11.8 Å². The summed E-state index contributed by atoms with van der Waals surface area (Å²) in [6, 6.07) is 21.1. The van der Waals surface area contributed by atoms with Gasteiger partial charge in [-0.3, -0.25) is 13.9 Å². The lowest BCUT2D eigenvalue weighted by Crippen LogP contribution is -2.52. The summed E-state index contributed by atoms with van der Waals surface area (Å²) in [5.74, 6) is -0.701. The average molecular weight is 584 g/mol. The summed E-state index contributed by atoms with van der Waals surface area (Å²) in [5, 5.41) is 2.90. The van der Waals surface area contributed by atoms with Gasteiger partial charge in [-0.05, 0) is 44.0 Å². The number of nitrogens with zero attached hydrogens (tertiary/aromatic N) is 2. The van der Waals surface area contributed by atoms with E-state index in [9.17, 15) is 22.4 Å². The van der Waals surface area contributed by atoms with Crippen molar-refractivity contribution in [2.24, 2.45) is 0 Å². The van der Waals surface area contributed by atoms with Crippen LogP contribution in [0.5, 0.6) is 5.75 Å². The molecule has 3 aromatic rings. The Morgan fingerprint density at radius 3 is 2.29 bits per heavy atom. The molecule has 0 spiro atoms. The van der Waals surface area contributed by atoms with Crippen LogP contribution >= 0.6 is 0 Å². The number of rotatable bonds is 14. The highest BCUT2D eigenvalue weighted by atomic mass is 32.2. The van der Waals surface area contributed by atoms with Crippen molar-refractivity contribution in [2.45, 2.75) is 51.7 Å². The molecule has 3 rings (SSSR count). The third-order valence-corrected chi connectivity index (χ3v) is 7.69. The molecule has 0 heterocycles. The van der Waals surface area contributed by atoms with E-state index < -0.39 is 21.9 Å². The number of methoxy groups -OCH3 is 1. The molecule has 0 fully saturated rings. The summed E-state index contributed by atoms with van der Waals surface area (Å²) in [6.07, 6.45) is 1.47. The number of amides is 2. The Labute approximate surface area is 242 Å². The van der Waals surface area contributed by atoms with Crippen LogP contribution in [-0.4, -0.2) is 57.1 Å². The molecule has 2 amide bonds. The summed E-state index contributed by atoms with van der Waals surface area (Å²) >= 11 is 0. The van der Waals surface area contributed by atoms with Crippen LogP contribution in [0.25, 0.3) is 0 Å². The van der Waals surface area contributed by atoms with E-state index in [1.807, 2.05) is 44.2 Å². The lowest BCUT2D eigenvalue weighted by Gasteiger charge is -2.32. The van der Waals surface area contributed by atoms with Crippen molar-refractivity contribution in [2.75, 3.05) is 24.2 Å². The second-order valence-electron chi connectivity index (χ2n) is 10.1. The number of carbonyl (C=O) groups excluding carboxylic acids is 2. The van der Waals surface area contributed by atoms with Crippen molar-refractivity contribution >= 4 is 27.5 Å². The third kappa shape index (κ3) is 9.31. The molecule has 41 heavy (non-hydrogen) atoms. The molecule has 8 nitrogen and oxygen atoms in total. The minimum Gasteiger partial charge on any atom is -0.497 e. The van der Waals surface area contributed by atoms with Crippen molar-refractivity contribution in [1.82, 2.24) is 10.2 Å². The second kappa shape index (κ2) is 14.6.